The zero-order valence-corrected chi connectivity index (χ0v) is 49.6. The molecule has 0 radical (unpaired) electrons. The fourth-order valence-corrected chi connectivity index (χ4v) is 9.83. The highest BCUT2D eigenvalue weighted by molar-refractivity contribution is 5.70. The van der Waals surface area contributed by atoms with E-state index in [9.17, 15) is 14.7 Å². The molecule has 0 amide bonds. The van der Waals surface area contributed by atoms with Gasteiger partial charge in [-0.25, -0.2) is 0 Å². The van der Waals surface area contributed by atoms with Crippen LogP contribution in [-0.2, 0) is 19.1 Å². The monoisotopic (exact) mass is 1030 g/mol. The number of rotatable bonds is 61. The second kappa shape index (κ2) is 64.9. The van der Waals surface area contributed by atoms with Gasteiger partial charge in [-0.15, -0.1) is 0 Å². The average Bonchev–Trinajstić information content (AvgIpc) is 3.40. The lowest BCUT2D eigenvalue weighted by Crippen LogP contribution is -2.28. The van der Waals surface area contributed by atoms with Crippen molar-refractivity contribution in [1.82, 2.24) is 0 Å². The van der Waals surface area contributed by atoms with Gasteiger partial charge in [0.05, 0.1) is 6.61 Å². The second-order valence-corrected chi connectivity index (χ2v) is 22.2. The molecule has 0 heterocycles. The Morgan fingerprint density at radius 3 is 0.811 bits per heavy atom. The zero-order valence-electron chi connectivity index (χ0n) is 49.6. The van der Waals surface area contributed by atoms with E-state index >= 15 is 0 Å². The molecule has 1 N–H and O–H groups in total. The third-order valence-electron chi connectivity index (χ3n) is 14.8. The van der Waals surface area contributed by atoms with Gasteiger partial charge in [0.2, 0.25) is 0 Å². The highest BCUT2D eigenvalue weighted by atomic mass is 16.6. The van der Waals surface area contributed by atoms with E-state index in [2.05, 4.69) is 74.6 Å². The molecule has 0 aliphatic rings. The molecular formula is C69H126O5. The summed E-state index contributed by atoms with van der Waals surface area (Å²) in [6.07, 6.45) is 88.0. The van der Waals surface area contributed by atoms with Crippen molar-refractivity contribution >= 4 is 11.9 Å². The Hall–Kier alpha value is -2.40. The van der Waals surface area contributed by atoms with Crippen molar-refractivity contribution in [3.63, 3.8) is 0 Å². The minimum atomic E-state index is -0.774. The SMILES string of the molecule is CCCCCCC/C=C\C/C=C\C/C=C\CCCCCCCCCCCCCCC(=O)OC(CO)COC(=O)CCCCCCCCCCCCCCCCCCCCCCC/C=C\C/C=C\CCCCCCC. The fraction of sp³-hybridized carbons (Fsp3) is 0.826. The van der Waals surface area contributed by atoms with Crippen molar-refractivity contribution in [2.75, 3.05) is 13.2 Å². The first-order valence-corrected chi connectivity index (χ1v) is 32.8. The van der Waals surface area contributed by atoms with Gasteiger partial charge in [-0.05, 0) is 83.5 Å². The lowest BCUT2D eigenvalue weighted by atomic mass is 10.0. The normalized spacial score (nSPS) is 12.5. The van der Waals surface area contributed by atoms with Crippen LogP contribution in [-0.4, -0.2) is 36.4 Å². The van der Waals surface area contributed by atoms with E-state index in [4.69, 9.17) is 9.47 Å². The van der Waals surface area contributed by atoms with Gasteiger partial charge in [-0.3, -0.25) is 9.59 Å². The van der Waals surface area contributed by atoms with Crippen molar-refractivity contribution in [3.8, 4) is 0 Å². The van der Waals surface area contributed by atoms with E-state index < -0.39 is 6.10 Å². The predicted molar refractivity (Wildman–Crippen MR) is 325 cm³/mol. The number of hydrogen-bond acceptors (Lipinski definition) is 5. The van der Waals surface area contributed by atoms with Gasteiger partial charge in [0.1, 0.15) is 6.61 Å². The molecule has 0 spiro atoms. The van der Waals surface area contributed by atoms with Crippen LogP contribution >= 0.6 is 0 Å². The predicted octanol–water partition coefficient (Wildman–Crippen LogP) is 22.5. The molecule has 0 aliphatic heterocycles. The number of unbranched alkanes of at least 4 members (excludes halogenated alkanes) is 43. The van der Waals surface area contributed by atoms with Crippen molar-refractivity contribution in [2.45, 2.75) is 354 Å². The van der Waals surface area contributed by atoms with E-state index in [1.165, 1.54) is 263 Å². The van der Waals surface area contributed by atoms with Gasteiger partial charge in [-0.2, -0.15) is 0 Å². The maximum Gasteiger partial charge on any atom is 0.306 e. The number of hydrogen-bond donors (Lipinski definition) is 1. The Balaban J connectivity index is 3.43. The van der Waals surface area contributed by atoms with E-state index in [-0.39, 0.29) is 25.2 Å². The molecule has 1 unspecified atom stereocenters. The molecule has 432 valence electrons. The maximum atomic E-state index is 12.3. The molecule has 0 saturated heterocycles. The first-order chi connectivity index (χ1) is 36.6. The molecule has 0 aromatic rings. The molecule has 5 heteroatoms. The number of aliphatic hydroxyl groups is 1. The molecular weight excluding hydrogens is 909 g/mol. The van der Waals surface area contributed by atoms with E-state index in [1.807, 2.05) is 0 Å². The van der Waals surface area contributed by atoms with Crippen LogP contribution in [0.15, 0.2) is 60.8 Å². The summed E-state index contributed by atoms with van der Waals surface area (Å²) >= 11 is 0. The van der Waals surface area contributed by atoms with Gasteiger partial charge in [-0.1, -0.05) is 312 Å². The molecule has 5 nitrogen and oxygen atoms in total. The summed E-state index contributed by atoms with van der Waals surface area (Å²) in [7, 11) is 0. The molecule has 0 saturated carbocycles. The number of carbonyl (C=O) groups excluding carboxylic acids is 2. The molecule has 0 fully saturated rings. The lowest BCUT2D eigenvalue weighted by molar-refractivity contribution is -0.161. The highest BCUT2D eigenvalue weighted by Crippen LogP contribution is 2.18. The van der Waals surface area contributed by atoms with Crippen LogP contribution < -0.4 is 0 Å². The summed E-state index contributed by atoms with van der Waals surface area (Å²) in [6.45, 7) is 4.16. The maximum absolute atomic E-state index is 12.3. The Morgan fingerprint density at radius 2 is 0.541 bits per heavy atom. The van der Waals surface area contributed by atoms with Gasteiger partial charge < -0.3 is 14.6 Å². The quantitative estimate of drug-likeness (QED) is 0.0373. The van der Waals surface area contributed by atoms with Gasteiger partial charge in [0.15, 0.2) is 6.10 Å². The zero-order chi connectivity index (χ0) is 53.4. The van der Waals surface area contributed by atoms with Crippen LogP contribution in [0.5, 0.6) is 0 Å². The minimum absolute atomic E-state index is 0.0638. The minimum Gasteiger partial charge on any atom is -0.462 e. The summed E-state index contributed by atoms with van der Waals surface area (Å²) in [4.78, 5) is 24.6. The number of esters is 2. The number of ether oxygens (including phenoxy) is 2. The molecule has 1 atom stereocenters. The van der Waals surface area contributed by atoms with E-state index in [1.54, 1.807) is 0 Å². The van der Waals surface area contributed by atoms with Gasteiger partial charge in [0.25, 0.3) is 0 Å². The average molecular weight is 1040 g/mol. The van der Waals surface area contributed by atoms with Crippen LogP contribution in [0.2, 0.25) is 0 Å². The highest BCUT2D eigenvalue weighted by Gasteiger charge is 2.16. The van der Waals surface area contributed by atoms with E-state index in [0.29, 0.717) is 12.8 Å². The van der Waals surface area contributed by atoms with Crippen molar-refractivity contribution in [2.24, 2.45) is 0 Å². The second-order valence-electron chi connectivity index (χ2n) is 22.2. The van der Waals surface area contributed by atoms with Crippen molar-refractivity contribution in [3.05, 3.63) is 60.8 Å². The van der Waals surface area contributed by atoms with Crippen LogP contribution in [0.3, 0.4) is 0 Å². The van der Waals surface area contributed by atoms with Crippen LogP contribution in [0, 0.1) is 0 Å². The van der Waals surface area contributed by atoms with Crippen LogP contribution in [0.1, 0.15) is 348 Å². The van der Waals surface area contributed by atoms with Gasteiger partial charge in [0, 0.05) is 12.8 Å². The topological polar surface area (TPSA) is 72.8 Å². The Labute approximate surface area is 461 Å². The Morgan fingerprint density at radius 1 is 0.311 bits per heavy atom. The molecule has 0 rings (SSSR count). The molecule has 0 bridgehead atoms. The molecule has 0 aliphatic carbocycles. The third kappa shape index (κ3) is 62.1. The molecule has 0 aromatic heterocycles. The summed E-state index contributed by atoms with van der Waals surface area (Å²) in [5.41, 5.74) is 0. The smallest absolute Gasteiger partial charge is 0.306 e. The van der Waals surface area contributed by atoms with Crippen LogP contribution in [0.25, 0.3) is 0 Å². The lowest BCUT2D eigenvalue weighted by Gasteiger charge is -2.15. The summed E-state index contributed by atoms with van der Waals surface area (Å²) in [5, 5.41) is 9.69. The molecule has 0 aromatic carbocycles. The number of carbonyl (C=O) groups is 2. The number of allylic oxidation sites excluding steroid dienone is 10. The van der Waals surface area contributed by atoms with E-state index in [0.717, 1.165) is 57.8 Å². The molecule has 74 heavy (non-hydrogen) atoms. The largest absolute Gasteiger partial charge is 0.462 e. The number of aliphatic hydroxyl groups excluding tert-OH is 1. The van der Waals surface area contributed by atoms with Crippen molar-refractivity contribution in [1.29, 1.82) is 0 Å². The fourth-order valence-electron chi connectivity index (χ4n) is 9.83. The first-order valence-electron chi connectivity index (χ1n) is 32.8. The Kier molecular flexibility index (Phi) is 62.8. The Bertz CT molecular complexity index is 1260. The standard InChI is InChI=1S/C69H126O5/c1-3-5-7-9-11-13-15-17-19-21-23-25-27-29-31-32-33-34-35-36-38-39-41-43-45-47-49-51-53-55-57-59-61-63-68(71)73-66-67(65-70)74-69(72)64-62-60-58-56-54-52-50-48-46-44-42-40-37-30-28-26-24-22-20-18-16-14-12-10-8-6-4-2/h15-18,21-24,28,30,67,70H,3-14,19-20,25-27,29,31-66H2,1-2H3/b17-15-,18-16-,23-21-,24-22-,30-28-. The van der Waals surface area contributed by atoms with Gasteiger partial charge >= 0.3 is 11.9 Å². The summed E-state index contributed by atoms with van der Waals surface area (Å²) < 4.78 is 10.7. The van der Waals surface area contributed by atoms with Crippen LogP contribution in [0.4, 0.5) is 0 Å². The van der Waals surface area contributed by atoms with Crippen molar-refractivity contribution < 1.29 is 24.2 Å². The third-order valence-corrected chi connectivity index (χ3v) is 14.8. The summed E-state index contributed by atoms with van der Waals surface area (Å²) in [6, 6.07) is 0. The summed E-state index contributed by atoms with van der Waals surface area (Å²) in [5.74, 6) is -0.577. The first kappa shape index (κ1) is 71.6.